The Balaban J connectivity index is -0.0000000904. The second-order valence-corrected chi connectivity index (χ2v) is 3.04. The van der Waals surface area contributed by atoms with Gasteiger partial charge >= 0.3 is 65.1 Å². The van der Waals surface area contributed by atoms with Crippen LogP contribution in [0.3, 0.4) is 0 Å². The maximum absolute atomic E-state index is 9.92. The smallest absolute Gasteiger partial charge is 0.790 e. The van der Waals surface area contributed by atoms with E-state index in [1.165, 1.54) is 7.05 Å². The molecule has 0 aromatic heterocycles. The van der Waals surface area contributed by atoms with Crippen molar-refractivity contribution < 1.29 is 88.3 Å². The van der Waals surface area contributed by atoms with Crippen molar-refractivity contribution in [1.82, 2.24) is 4.90 Å². The quantitative estimate of drug-likeness (QED) is 0.166. The first kappa shape index (κ1) is 25.6. The number of nitrogens with two attached hydrogens (primary N) is 1. The Kier molecular flexibility index (Phi) is 19.7. The van der Waals surface area contributed by atoms with Gasteiger partial charge in [0, 0.05) is 7.05 Å². The van der Waals surface area contributed by atoms with Gasteiger partial charge in [0.05, 0.1) is 7.82 Å². The van der Waals surface area contributed by atoms with Crippen molar-refractivity contribution >= 4 is 19.8 Å². The molecule has 0 aliphatic heterocycles. The minimum absolute atomic E-state index is 0. The predicted octanol–water partition coefficient (Wildman–Crippen LogP) is -9.29. The molecular weight excluding hydrogens is 263 g/mol. The Hall–Kier alpha value is 0.850. The van der Waals surface area contributed by atoms with E-state index in [1.807, 2.05) is 0 Å². The maximum Gasteiger partial charge on any atom is 1.00 e. The molecule has 0 atom stereocenters. The third-order valence-electron chi connectivity index (χ3n) is 0.784. The molecule has 0 aliphatic rings. The van der Waals surface area contributed by atoms with Crippen molar-refractivity contribution in [2.75, 3.05) is 13.6 Å². The third-order valence-corrected chi connectivity index (χ3v) is 0.784. The van der Waals surface area contributed by atoms with Crippen molar-refractivity contribution in [2.24, 2.45) is 5.73 Å². The zero-order chi connectivity index (χ0) is 11.9. The van der Waals surface area contributed by atoms with E-state index < -0.39 is 13.8 Å². The van der Waals surface area contributed by atoms with Crippen molar-refractivity contribution in [3.8, 4) is 0 Å². The summed E-state index contributed by atoms with van der Waals surface area (Å²) in [5, 5.41) is 14.9. The Morgan fingerprint density at radius 2 is 1.75 bits per heavy atom. The summed E-state index contributed by atoms with van der Waals surface area (Å²) in [6.45, 7) is -0.227. The molecule has 0 aromatic rings. The second kappa shape index (κ2) is 12.3. The first-order chi connectivity index (χ1) is 6.04. The van der Waals surface area contributed by atoms with E-state index >= 15 is 0 Å². The van der Waals surface area contributed by atoms with E-state index in [-0.39, 0.29) is 71.6 Å². The number of likely N-dealkylation sites (N-methyl/N-ethyl adjacent to an activating group) is 1. The molecule has 16 heavy (non-hydrogen) atoms. The van der Waals surface area contributed by atoms with Crippen molar-refractivity contribution in [2.45, 2.75) is 0 Å². The summed E-state index contributed by atoms with van der Waals surface area (Å²) >= 11 is 0. The number of nitrogens with zero attached hydrogens (tertiary/aromatic N) is 1. The largest absolute Gasteiger partial charge is 1.00 e. The monoisotopic (exact) mass is 273 g/mol. The molecule has 12 heteroatoms. The molecule has 0 aliphatic carbocycles. The third kappa shape index (κ3) is 36.4. The van der Waals surface area contributed by atoms with Gasteiger partial charge in [-0.25, -0.2) is 0 Å². The number of aliphatic carboxylic acids is 1. The molecule has 0 aromatic carbocycles. The summed E-state index contributed by atoms with van der Waals surface area (Å²) in [4.78, 5) is 35.3. The molecule has 5 N–H and O–H groups in total. The number of carbonyl (C=O) groups is 1. The Morgan fingerprint density at radius 1 is 1.50 bits per heavy atom. The number of phosphoric acid groups is 1. The molecule has 0 radical (unpaired) electrons. The zero-order valence-corrected chi connectivity index (χ0v) is 14.1. The van der Waals surface area contributed by atoms with E-state index in [0.717, 1.165) is 4.90 Å². The van der Waals surface area contributed by atoms with Gasteiger partial charge in [-0.3, -0.25) is 10.2 Å². The van der Waals surface area contributed by atoms with Gasteiger partial charge in [-0.2, -0.15) is 0 Å². The van der Waals surface area contributed by atoms with Crippen LogP contribution in [0.4, 0.5) is 0 Å². The molecule has 84 valence electrons. The molecular formula is C4H10N3Na2O6P. The van der Waals surface area contributed by atoms with E-state index in [0.29, 0.717) is 0 Å². The SMILES string of the molecule is CN(CC(=O)O)C(=N)N.O=P([O-])([O-])O.[Na+].[Na+]. The molecule has 0 fully saturated rings. The number of nitrogens with one attached hydrogen (secondary N) is 1. The van der Waals surface area contributed by atoms with Crippen LogP contribution in [-0.2, 0) is 9.36 Å². The number of carboxylic acids is 1. The van der Waals surface area contributed by atoms with Crippen LogP contribution >= 0.6 is 7.82 Å². The average Bonchev–Trinajstić information content (AvgIpc) is 1.80. The van der Waals surface area contributed by atoms with Gasteiger partial charge < -0.3 is 35.0 Å². The minimum Gasteiger partial charge on any atom is -0.790 e. The molecule has 0 amide bonds. The Bertz CT molecular complexity index is 250. The van der Waals surface area contributed by atoms with Crippen molar-refractivity contribution in [3.63, 3.8) is 0 Å². The summed E-state index contributed by atoms with van der Waals surface area (Å²) in [5.41, 5.74) is 4.93. The summed E-state index contributed by atoms with van der Waals surface area (Å²) < 4.78 is 8.66. The van der Waals surface area contributed by atoms with Crippen LogP contribution in [0.25, 0.3) is 0 Å². The molecule has 0 spiro atoms. The summed E-state index contributed by atoms with van der Waals surface area (Å²) in [6.07, 6.45) is 0. The second-order valence-electron chi connectivity index (χ2n) is 2.10. The number of hydrogen-bond acceptors (Lipinski definition) is 5. The van der Waals surface area contributed by atoms with Crippen molar-refractivity contribution in [1.29, 1.82) is 5.41 Å². The first-order valence-electron chi connectivity index (χ1n) is 3.05. The fourth-order valence-corrected chi connectivity index (χ4v) is 0.288. The fraction of sp³-hybridized carbons (Fsp3) is 0.500. The van der Waals surface area contributed by atoms with Crippen LogP contribution in [0, 0.1) is 5.41 Å². The zero-order valence-electron chi connectivity index (χ0n) is 9.21. The number of guanidine groups is 1. The van der Waals surface area contributed by atoms with Crippen LogP contribution in [0.2, 0.25) is 0 Å². The van der Waals surface area contributed by atoms with Crippen molar-refractivity contribution in [3.05, 3.63) is 0 Å². The molecule has 0 rings (SSSR count). The van der Waals surface area contributed by atoms with Crippen LogP contribution in [0.15, 0.2) is 0 Å². The predicted molar refractivity (Wildman–Crippen MR) is 42.0 cm³/mol. The molecule has 0 unspecified atom stereocenters. The molecule has 9 nitrogen and oxygen atoms in total. The number of carboxylic acid groups (broad SMARTS) is 1. The van der Waals surface area contributed by atoms with E-state index in [1.54, 1.807) is 0 Å². The molecule has 0 heterocycles. The van der Waals surface area contributed by atoms with Gasteiger partial charge in [0.2, 0.25) is 0 Å². The summed E-state index contributed by atoms with van der Waals surface area (Å²) in [6, 6.07) is 0. The Labute approximate surface area is 136 Å². The van der Waals surface area contributed by atoms with Gasteiger partial charge in [0.25, 0.3) is 0 Å². The molecule has 0 saturated carbocycles. The van der Waals surface area contributed by atoms with Crippen LogP contribution in [0.5, 0.6) is 0 Å². The van der Waals surface area contributed by atoms with Crippen LogP contribution in [-0.4, -0.2) is 40.4 Å². The first-order valence-corrected chi connectivity index (χ1v) is 4.55. The van der Waals surface area contributed by atoms with E-state index in [4.69, 9.17) is 35.5 Å². The minimum atomic E-state index is -5.14. The topological polar surface area (TPSA) is 174 Å². The number of rotatable bonds is 2. The maximum atomic E-state index is 9.92. The normalized spacial score (nSPS) is 8.50. The number of hydrogen-bond donors (Lipinski definition) is 4. The van der Waals surface area contributed by atoms with Gasteiger partial charge in [-0.15, -0.1) is 0 Å². The van der Waals surface area contributed by atoms with Gasteiger partial charge in [-0.1, -0.05) is 0 Å². The Morgan fingerprint density at radius 3 is 1.81 bits per heavy atom. The fourth-order valence-electron chi connectivity index (χ4n) is 0.288. The van der Waals surface area contributed by atoms with Crippen LogP contribution < -0.4 is 74.6 Å². The molecule has 0 saturated heterocycles. The van der Waals surface area contributed by atoms with E-state index in [2.05, 4.69) is 0 Å². The van der Waals surface area contributed by atoms with Gasteiger partial charge in [0.15, 0.2) is 5.96 Å². The summed E-state index contributed by atoms with van der Waals surface area (Å²) in [7, 11) is -3.70. The average molecular weight is 273 g/mol. The van der Waals surface area contributed by atoms with Gasteiger partial charge in [-0.05, 0) is 0 Å². The van der Waals surface area contributed by atoms with Gasteiger partial charge in [0.1, 0.15) is 6.54 Å². The van der Waals surface area contributed by atoms with Crippen LogP contribution in [0.1, 0.15) is 0 Å². The molecule has 0 bridgehead atoms. The summed E-state index contributed by atoms with van der Waals surface area (Å²) in [5.74, 6) is -1.23. The van der Waals surface area contributed by atoms with E-state index in [9.17, 15) is 4.79 Å². The standard InChI is InChI=1S/C4H9N3O2.2Na.H3O4P/c1-7(4(5)6)2-3(8)9;;;1-5(2,3)4/h2H2,1H3,(H3,5,6)(H,8,9);;;(H3,1,2,3,4)/q;2*+1;/p-2.